The fraction of sp³-hybridized carbons (Fsp3) is 0.950. The van der Waals surface area contributed by atoms with E-state index in [-0.39, 0.29) is 11.2 Å². The fourth-order valence-corrected chi connectivity index (χ4v) is 8.23. The summed E-state index contributed by atoms with van der Waals surface area (Å²) in [5, 5.41) is 3.71. The average molecular weight is 398 g/mol. The Kier molecular flexibility index (Phi) is 4.98. The van der Waals surface area contributed by atoms with Gasteiger partial charge in [-0.3, -0.25) is 4.99 Å². The number of nitrogens with zero attached hydrogens (tertiary/aromatic N) is 2. The number of hydrogen-bond acceptors (Lipinski definition) is 4. The van der Waals surface area contributed by atoms with Crippen molar-refractivity contribution in [2.75, 3.05) is 32.5 Å². The highest BCUT2D eigenvalue weighted by molar-refractivity contribution is 7.92. The predicted molar refractivity (Wildman–Crippen MR) is 108 cm³/mol. The van der Waals surface area contributed by atoms with Crippen molar-refractivity contribution in [1.29, 1.82) is 0 Å². The van der Waals surface area contributed by atoms with E-state index < -0.39 is 14.6 Å². The second-order valence-electron chi connectivity index (χ2n) is 9.57. The number of rotatable bonds is 1. The summed E-state index contributed by atoms with van der Waals surface area (Å²) in [5.74, 6) is 1.65. The van der Waals surface area contributed by atoms with Gasteiger partial charge in [0.25, 0.3) is 0 Å². The van der Waals surface area contributed by atoms with Gasteiger partial charge in [-0.1, -0.05) is 33.1 Å². The van der Waals surface area contributed by atoms with Gasteiger partial charge in [-0.15, -0.1) is 0 Å². The largest absolute Gasteiger partial charge is 0.377 e. The van der Waals surface area contributed by atoms with Gasteiger partial charge in [0.15, 0.2) is 15.8 Å². The highest BCUT2D eigenvalue weighted by atomic mass is 32.2. The molecule has 2 aliphatic heterocycles. The van der Waals surface area contributed by atoms with Crippen molar-refractivity contribution in [3.05, 3.63) is 0 Å². The molecule has 6 nitrogen and oxygen atoms in total. The molecule has 154 valence electrons. The summed E-state index contributed by atoms with van der Waals surface area (Å²) in [6.07, 6.45) is 7.45. The fourth-order valence-electron chi connectivity index (χ4n) is 6.07. The summed E-state index contributed by atoms with van der Waals surface area (Å²) in [5.41, 5.74) is 0.0748. The van der Waals surface area contributed by atoms with E-state index in [1.165, 1.54) is 6.42 Å². The molecule has 0 aromatic rings. The minimum absolute atomic E-state index is 0.0748. The minimum Gasteiger partial charge on any atom is -0.377 e. The van der Waals surface area contributed by atoms with Crippen molar-refractivity contribution in [2.24, 2.45) is 16.3 Å². The zero-order valence-electron chi connectivity index (χ0n) is 17.0. The Morgan fingerprint density at radius 1 is 1.19 bits per heavy atom. The molecule has 7 heteroatoms. The van der Waals surface area contributed by atoms with Crippen LogP contribution in [0.3, 0.4) is 0 Å². The number of sulfone groups is 1. The lowest BCUT2D eigenvalue weighted by atomic mass is 9.55. The smallest absolute Gasteiger partial charge is 0.193 e. The molecule has 4 rings (SSSR count). The molecule has 27 heavy (non-hydrogen) atoms. The molecule has 0 aromatic carbocycles. The van der Waals surface area contributed by atoms with Crippen molar-refractivity contribution < 1.29 is 13.2 Å². The highest BCUT2D eigenvalue weighted by Crippen LogP contribution is 2.51. The van der Waals surface area contributed by atoms with Gasteiger partial charge in [0, 0.05) is 44.1 Å². The van der Waals surface area contributed by atoms with Crippen LogP contribution in [-0.2, 0) is 14.6 Å². The van der Waals surface area contributed by atoms with E-state index in [1.807, 2.05) is 7.05 Å². The van der Waals surface area contributed by atoms with E-state index in [1.54, 1.807) is 0 Å². The zero-order valence-corrected chi connectivity index (χ0v) is 17.9. The molecule has 4 fully saturated rings. The number of ether oxygens (including phenoxy) is 1. The normalized spacial score (nSPS) is 37.4. The zero-order chi connectivity index (χ0) is 19.3. The summed E-state index contributed by atoms with van der Waals surface area (Å²) in [6, 6.07) is 0.335. The third kappa shape index (κ3) is 3.09. The van der Waals surface area contributed by atoms with Crippen LogP contribution in [0, 0.1) is 11.3 Å². The van der Waals surface area contributed by atoms with Gasteiger partial charge in [-0.25, -0.2) is 8.42 Å². The number of guanidine groups is 1. The van der Waals surface area contributed by atoms with Gasteiger partial charge in [0.05, 0.1) is 16.6 Å². The Morgan fingerprint density at radius 3 is 2.63 bits per heavy atom. The van der Waals surface area contributed by atoms with E-state index in [9.17, 15) is 8.42 Å². The van der Waals surface area contributed by atoms with Gasteiger partial charge in [0.1, 0.15) is 0 Å². The van der Waals surface area contributed by atoms with Gasteiger partial charge < -0.3 is 15.0 Å². The number of fused-ring (bicyclic) bond motifs is 1. The first-order chi connectivity index (χ1) is 12.8. The summed E-state index contributed by atoms with van der Waals surface area (Å²) < 4.78 is 31.2. The molecule has 0 amide bonds. The number of hydrogen-bond donors (Lipinski definition) is 1. The summed E-state index contributed by atoms with van der Waals surface area (Å²) in [7, 11) is -1.21. The summed E-state index contributed by atoms with van der Waals surface area (Å²) in [6.45, 7) is 6.55. The maximum atomic E-state index is 12.9. The molecular formula is C20H35N3O3S. The van der Waals surface area contributed by atoms with Gasteiger partial charge in [0.2, 0.25) is 0 Å². The maximum Gasteiger partial charge on any atom is 0.193 e. The van der Waals surface area contributed by atoms with Crippen LogP contribution < -0.4 is 5.32 Å². The van der Waals surface area contributed by atoms with Crippen LogP contribution in [-0.4, -0.2) is 68.7 Å². The second kappa shape index (κ2) is 6.90. The quantitative estimate of drug-likeness (QED) is 0.543. The molecule has 3 atom stereocenters. The van der Waals surface area contributed by atoms with Gasteiger partial charge in [-0.2, -0.15) is 0 Å². The molecule has 2 aliphatic carbocycles. The van der Waals surface area contributed by atoms with Crippen LogP contribution in [0.5, 0.6) is 0 Å². The van der Waals surface area contributed by atoms with E-state index in [4.69, 9.17) is 4.74 Å². The lowest BCUT2D eigenvalue weighted by Gasteiger charge is -2.60. The first-order valence-electron chi connectivity index (χ1n) is 10.6. The van der Waals surface area contributed by atoms with Gasteiger partial charge >= 0.3 is 0 Å². The van der Waals surface area contributed by atoms with Crippen molar-refractivity contribution in [1.82, 2.24) is 10.2 Å². The summed E-state index contributed by atoms with van der Waals surface area (Å²) in [4.78, 5) is 6.77. The van der Waals surface area contributed by atoms with Crippen molar-refractivity contribution >= 4 is 15.8 Å². The molecule has 2 saturated carbocycles. The van der Waals surface area contributed by atoms with Crippen LogP contribution >= 0.6 is 0 Å². The van der Waals surface area contributed by atoms with Crippen LogP contribution in [0.4, 0.5) is 0 Å². The summed E-state index contributed by atoms with van der Waals surface area (Å²) >= 11 is 0. The topological polar surface area (TPSA) is 71.0 Å². The first-order valence-corrected chi connectivity index (χ1v) is 12.3. The van der Waals surface area contributed by atoms with E-state index in [0.29, 0.717) is 31.2 Å². The third-order valence-electron chi connectivity index (χ3n) is 7.66. The standard InChI is InChI=1S/C20H35N3O3S/c1-19(2)16(15-8-7-12-26-17(15)19)22-18(21-3)23-11-13-27(24,25)20(14-23)9-5-4-6-10-20/h15-17H,4-14H2,1-3H3,(H,21,22). The van der Waals surface area contributed by atoms with Crippen LogP contribution in [0.25, 0.3) is 0 Å². The number of nitrogens with one attached hydrogen (secondary N) is 1. The molecule has 1 spiro atoms. The molecule has 1 N–H and O–H groups in total. The molecular weight excluding hydrogens is 362 g/mol. The number of aliphatic imine (C=N–C) groups is 1. The monoisotopic (exact) mass is 397 g/mol. The lowest BCUT2D eigenvalue weighted by Crippen LogP contribution is -2.72. The van der Waals surface area contributed by atoms with Crippen molar-refractivity contribution in [3.63, 3.8) is 0 Å². The first kappa shape index (κ1) is 19.5. The predicted octanol–water partition coefficient (Wildman–Crippen LogP) is 2.20. The Bertz CT molecular complexity index is 697. The van der Waals surface area contributed by atoms with Crippen LogP contribution in [0.15, 0.2) is 4.99 Å². The Hall–Kier alpha value is -0.820. The second-order valence-corrected chi connectivity index (χ2v) is 12.1. The van der Waals surface area contributed by atoms with Crippen molar-refractivity contribution in [3.8, 4) is 0 Å². The molecule has 4 aliphatic rings. The van der Waals surface area contributed by atoms with Gasteiger partial charge in [-0.05, 0) is 25.7 Å². The third-order valence-corrected chi connectivity index (χ3v) is 10.2. The molecule has 2 heterocycles. The van der Waals surface area contributed by atoms with Crippen LogP contribution in [0.1, 0.15) is 58.8 Å². The average Bonchev–Trinajstić information content (AvgIpc) is 2.66. The Balaban J connectivity index is 1.50. The molecule has 0 radical (unpaired) electrons. The SMILES string of the molecule is CN=C(NC1C2CCCOC2C1(C)C)N1CCS(=O)(=O)C2(CCCCC2)C1. The molecule has 0 aromatic heterocycles. The van der Waals surface area contributed by atoms with Crippen molar-refractivity contribution in [2.45, 2.75) is 75.7 Å². The minimum atomic E-state index is -3.03. The molecule has 0 bridgehead atoms. The lowest BCUT2D eigenvalue weighted by molar-refractivity contribution is -0.188. The Morgan fingerprint density at radius 2 is 1.93 bits per heavy atom. The maximum absolute atomic E-state index is 12.9. The Labute approximate surface area is 164 Å². The van der Waals surface area contributed by atoms with E-state index in [0.717, 1.165) is 51.1 Å². The van der Waals surface area contributed by atoms with E-state index >= 15 is 0 Å². The molecule has 3 unspecified atom stereocenters. The highest BCUT2D eigenvalue weighted by Gasteiger charge is 2.58. The molecule has 2 saturated heterocycles. The van der Waals surface area contributed by atoms with Crippen LogP contribution in [0.2, 0.25) is 0 Å². The van der Waals surface area contributed by atoms with E-state index in [2.05, 4.69) is 29.1 Å².